The standard InChI is InChI=1S/C13H27NO3/c1-9(16)11-10(17)8-12(2,3)14(6-7-15)13(11,4)5/h9-11,15-17H,6-8H2,1-5H3. The predicted octanol–water partition coefficient (Wildman–Crippen LogP) is 0.599. The molecule has 0 spiro atoms. The van der Waals surface area contributed by atoms with Gasteiger partial charge in [-0.1, -0.05) is 0 Å². The number of β-amino-alcohol motifs (C(OH)–C–C–N with tert-alkyl or cyclic N) is 1. The summed E-state index contributed by atoms with van der Waals surface area (Å²) in [6, 6.07) is 0. The number of piperidine rings is 1. The Morgan fingerprint density at radius 1 is 1.29 bits per heavy atom. The maximum absolute atomic E-state index is 10.2. The third kappa shape index (κ3) is 2.65. The Bertz CT molecular complexity index is 263. The summed E-state index contributed by atoms with van der Waals surface area (Å²) in [4.78, 5) is 2.20. The SMILES string of the molecule is CC(O)C1C(O)CC(C)(C)N(CCO)C1(C)C. The lowest BCUT2D eigenvalue weighted by Crippen LogP contribution is -2.68. The van der Waals surface area contributed by atoms with E-state index in [1.165, 1.54) is 0 Å². The van der Waals surface area contributed by atoms with Crippen LogP contribution in [0.1, 0.15) is 41.0 Å². The maximum Gasteiger partial charge on any atom is 0.0628 e. The van der Waals surface area contributed by atoms with E-state index in [0.29, 0.717) is 13.0 Å². The van der Waals surface area contributed by atoms with Crippen molar-refractivity contribution in [1.29, 1.82) is 0 Å². The van der Waals surface area contributed by atoms with Gasteiger partial charge >= 0.3 is 0 Å². The molecule has 3 unspecified atom stereocenters. The average molecular weight is 245 g/mol. The molecule has 0 aliphatic carbocycles. The fraction of sp³-hybridized carbons (Fsp3) is 1.00. The Labute approximate surface area is 104 Å². The van der Waals surface area contributed by atoms with Crippen LogP contribution in [-0.4, -0.2) is 56.7 Å². The number of hydrogen-bond acceptors (Lipinski definition) is 4. The molecule has 0 amide bonds. The van der Waals surface area contributed by atoms with Crippen LogP contribution in [0.3, 0.4) is 0 Å². The Hall–Kier alpha value is -0.160. The zero-order chi connectivity index (χ0) is 13.4. The van der Waals surface area contributed by atoms with Crippen molar-refractivity contribution in [2.24, 2.45) is 5.92 Å². The van der Waals surface area contributed by atoms with Crippen molar-refractivity contribution in [3.05, 3.63) is 0 Å². The second-order valence-electron chi connectivity index (χ2n) is 6.38. The van der Waals surface area contributed by atoms with Gasteiger partial charge in [0, 0.05) is 23.5 Å². The highest BCUT2D eigenvalue weighted by molar-refractivity contribution is 5.06. The molecular formula is C13H27NO3. The summed E-state index contributed by atoms with van der Waals surface area (Å²) in [6.07, 6.45) is -0.446. The highest BCUT2D eigenvalue weighted by atomic mass is 16.3. The summed E-state index contributed by atoms with van der Waals surface area (Å²) in [5, 5.41) is 29.3. The summed E-state index contributed by atoms with van der Waals surface area (Å²) in [7, 11) is 0. The van der Waals surface area contributed by atoms with E-state index in [0.717, 1.165) is 0 Å². The molecule has 4 nitrogen and oxygen atoms in total. The van der Waals surface area contributed by atoms with Crippen LogP contribution in [0.15, 0.2) is 0 Å². The summed E-state index contributed by atoms with van der Waals surface area (Å²) in [5.74, 6) is -0.193. The lowest BCUT2D eigenvalue weighted by Gasteiger charge is -2.59. The van der Waals surface area contributed by atoms with Crippen LogP contribution < -0.4 is 0 Å². The highest BCUT2D eigenvalue weighted by Gasteiger charge is 2.52. The van der Waals surface area contributed by atoms with Gasteiger partial charge in [0.15, 0.2) is 0 Å². The van der Waals surface area contributed by atoms with Gasteiger partial charge in [-0.05, 0) is 41.0 Å². The molecule has 0 aromatic heterocycles. The summed E-state index contributed by atoms with van der Waals surface area (Å²) < 4.78 is 0. The minimum Gasteiger partial charge on any atom is -0.395 e. The first kappa shape index (κ1) is 14.9. The van der Waals surface area contributed by atoms with Gasteiger partial charge in [0.25, 0.3) is 0 Å². The first-order valence-electron chi connectivity index (χ1n) is 6.39. The molecule has 1 heterocycles. The van der Waals surface area contributed by atoms with E-state index < -0.39 is 12.2 Å². The van der Waals surface area contributed by atoms with Gasteiger partial charge < -0.3 is 15.3 Å². The second-order valence-corrected chi connectivity index (χ2v) is 6.38. The van der Waals surface area contributed by atoms with E-state index in [9.17, 15) is 15.3 Å². The molecule has 3 atom stereocenters. The van der Waals surface area contributed by atoms with Crippen LogP contribution in [0.2, 0.25) is 0 Å². The van der Waals surface area contributed by atoms with Crippen LogP contribution in [0.25, 0.3) is 0 Å². The van der Waals surface area contributed by atoms with Gasteiger partial charge in [-0.2, -0.15) is 0 Å². The third-order valence-electron chi connectivity index (χ3n) is 4.21. The molecule has 1 aliphatic rings. The van der Waals surface area contributed by atoms with Gasteiger partial charge in [-0.15, -0.1) is 0 Å². The Kier molecular flexibility index (Phi) is 4.24. The van der Waals surface area contributed by atoms with E-state index in [-0.39, 0.29) is 23.6 Å². The summed E-state index contributed by atoms with van der Waals surface area (Å²) in [5.41, 5.74) is -0.505. The zero-order valence-corrected chi connectivity index (χ0v) is 11.6. The first-order valence-corrected chi connectivity index (χ1v) is 6.39. The van der Waals surface area contributed by atoms with Crippen molar-refractivity contribution in [2.75, 3.05) is 13.2 Å². The summed E-state index contributed by atoms with van der Waals surface area (Å²) in [6.45, 7) is 10.6. The van der Waals surface area contributed by atoms with Crippen molar-refractivity contribution in [3.63, 3.8) is 0 Å². The monoisotopic (exact) mass is 245 g/mol. The maximum atomic E-state index is 10.2. The minimum atomic E-state index is -0.558. The van der Waals surface area contributed by atoms with Crippen molar-refractivity contribution in [1.82, 2.24) is 4.90 Å². The van der Waals surface area contributed by atoms with Crippen molar-refractivity contribution < 1.29 is 15.3 Å². The molecule has 1 fully saturated rings. The van der Waals surface area contributed by atoms with E-state index in [2.05, 4.69) is 18.7 Å². The number of rotatable bonds is 3. The molecule has 1 saturated heterocycles. The molecule has 0 aromatic carbocycles. The molecule has 1 aliphatic heterocycles. The second kappa shape index (κ2) is 4.84. The molecule has 4 heteroatoms. The van der Waals surface area contributed by atoms with Crippen molar-refractivity contribution >= 4 is 0 Å². The van der Waals surface area contributed by atoms with Gasteiger partial charge in [-0.3, -0.25) is 4.90 Å². The van der Waals surface area contributed by atoms with Crippen LogP contribution in [0.5, 0.6) is 0 Å². The topological polar surface area (TPSA) is 63.9 Å². The lowest BCUT2D eigenvalue weighted by atomic mass is 9.68. The smallest absolute Gasteiger partial charge is 0.0628 e. The predicted molar refractivity (Wildman–Crippen MR) is 67.7 cm³/mol. The Morgan fingerprint density at radius 3 is 2.24 bits per heavy atom. The largest absolute Gasteiger partial charge is 0.395 e. The normalized spacial score (nSPS) is 34.6. The van der Waals surface area contributed by atoms with Gasteiger partial charge in [0.2, 0.25) is 0 Å². The third-order valence-corrected chi connectivity index (χ3v) is 4.21. The Morgan fingerprint density at radius 2 is 1.82 bits per heavy atom. The Balaban J connectivity index is 3.08. The fourth-order valence-electron chi connectivity index (χ4n) is 3.78. The number of hydrogen-bond donors (Lipinski definition) is 3. The average Bonchev–Trinajstić information content (AvgIpc) is 2.09. The number of nitrogens with zero attached hydrogens (tertiary/aromatic N) is 1. The molecule has 17 heavy (non-hydrogen) atoms. The van der Waals surface area contributed by atoms with Crippen molar-refractivity contribution in [2.45, 2.75) is 64.3 Å². The molecule has 0 aromatic rings. The lowest BCUT2D eigenvalue weighted by molar-refractivity contribution is -0.157. The van der Waals surface area contributed by atoms with Crippen LogP contribution in [-0.2, 0) is 0 Å². The van der Waals surface area contributed by atoms with Gasteiger partial charge in [-0.25, -0.2) is 0 Å². The molecular weight excluding hydrogens is 218 g/mol. The first-order chi connectivity index (χ1) is 7.64. The van der Waals surface area contributed by atoms with E-state index >= 15 is 0 Å². The van der Waals surface area contributed by atoms with Crippen LogP contribution in [0, 0.1) is 5.92 Å². The molecule has 1 rings (SSSR count). The molecule has 102 valence electrons. The van der Waals surface area contributed by atoms with E-state index in [1.54, 1.807) is 6.92 Å². The van der Waals surface area contributed by atoms with E-state index in [1.807, 2.05) is 13.8 Å². The number of likely N-dealkylation sites (tertiary alicyclic amines) is 1. The number of aliphatic hydroxyl groups is 3. The quantitative estimate of drug-likeness (QED) is 0.681. The van der Waals surface area contributed by atoms with Gasteiger partial charge in [0.1, 0.15) is 0 Å². The molecule has 0 bridgehead atoms. The highest BCUT2D eigenvalue weighted by Crippen LogP contribution is 2.43. The minimum absolute atomic E-state index is 0.0927. The van der Waals surface area contributed by atoms with Crippen molar-refractivity contribution in [3.8, 4) is 0 Å². The van der Waals surface area contributed by atoms with Gasteiger partial charge in [0.05, 0.1) is 18.8 Å². The van der Waals surface area contributed by atoms with Crippen LogP contribution >= 0.6 is 0 Å². The molecule has 3 N–H and O–H groups in total. The zero-order valence-electron chi connectivity index (χ0n) is 11.6. The molecule has 0 radical (unpaired) electrons. The summed E-state index contributed by atoms with van der Waals surface area (Å²) >= 11 is 0. The van der Waals surface area contributed by atoms with E-state index in [4.69, 9.17) is 0 Å². The van der Waals surface area contributed by atoms with Crippen LogP contribution in [0.4, 0.5) is 0 Å². The molecule has 0 saturated carbocycles. The number of aliphatic hydroxyl groups excluding tert-OH is 3. The fourth-order valence-corrected chi connectivity index (χ4v) is 3.78.